The van der Waals surface area contributed by atoms with Crippen LogP contribution in [0, 0.1) is 23.3 Å². The second-order valence-electron chi connectivity index (χ2n) is 3.80. The molecule has 7 heteroatoms. The van der Waals surface area contributed by atoms with Gasteiger partial charge in [0.15, 0.2) is 17.5 Å². The Bertz CT molecular complexity index is 690. The first-order chi connectivity index (χ1) is 9.40. The summed E-state index contributed by atoms with van der Waals surface area (Å²) in [5, 5.41) is 2.08. The fraction of sp³-hybridized carbons (Fsp3) is 0. The van der Waals surface area contributed by atoms with E-state index >= 15 is 0 Å². The first-order valence-electron chi connectivity index (χ1n) is 5.30. The topological polar surface area (TPSA) is 29.1 Å². The van der Waals surface area contributed by atoms with Crippen molar-refractivity contribution in [2.24, 2.45) is 0 Å². The Morgan fingerprint density at radius 2 is 1.65 bits per heavy atom. The van der Waals surface area contributed by atoms with Crippen molar-refractivity contribution in [3.8, 4) is 0 Å². The maximum atomic E-state index is 13.5. The van der Waals surface area contributed by atoms with Gasteiger partial charge in [-0.1, -0.05) is 15.9 Å². The molecule has 0 aliphatic carbocycles. The molecule has 0 aliphatic heterocycles. The molecule has 1 amide bonds. The van der Waals surface area contributed by atoms with Crippen molar-refractivity contribution in [3.05, 3.63) is 63.6 Å². The maximum absolute atomic E-state index is 13.5. The van der Waals surface area contributed by atoms with Crippen LogP contribution in [0.2, 0.25) is 0 Å². The van der Waals surface area contributed by atoms with Crippen LogP contribution in [0.3, 0.4) is 0 Å². The van der Waals surface area contributed by atoms with Gasteiger partial charge in [0.1, 0.15) is 5.82 Å². The highest BCUT2D eigenvalue weighted by molar-refractivity contribution is 9.10. The normalized spacial score (nSPS) is 10.4. The Kier molecular flexibility index (Phi) is 4.08. The average Bonchev–Trinajstić information content (AvgIpc) is 2.39. The third-order valence-corrected chi connectivity index (χ3v) is 2.95. The molecule has 0 bridgehead atoms. The van der Waals surface area contributed by atoms with E-state index in [1.54, 1.807) is 0 Å². The highest BCUT2D eigenvalue weighted by Crippen LogP contribution is 2.21. The molecule has 2 rings (SSSR count). The molecule has 2 aromatic carbocycles. The summed E-state index contributed by atoms with van der Waals surface area (Å²) in [6.45, 7) is 0. The lowest BCUT2D eigenvalue weighted by Crippen LogP contribution is -2.16. The summed E-state index contributed by atoms with van der Waals surface area (Å²) in [4.78, 5) is 11.7. The molecule has 20 heavy (non-hydrogen) atoms. The number of carbonyl (C=O) groups excluding carboxylic acids is 1. The van der Waals surface area contributed by atoms with Crippen molar-refractivity contribution in [1.82, 2.24) is 0 Å². The summed E-state index contributed by atoms with van der Waals surface area (Å²) in [6, 6.07) is 5.19. The minimum Gasteiger partial charge on any atom is -0.319 e. The number of hydrogen-bond acceptors (Lipinski definition) is 1. The molecule has 0 radical (unpaired) electrons. The summed E-state index contributed by atoms with van der Waals surface area (Å²) in [5.41, 5.74) is -0.923. The fourth-order valence-corrected chi connectivity index (χ4v) is 1.81. The molecule has 0 saturated carbocycles. The molecule has 2 nitrogen and oxygen atoms in total. The van der Waals surface area contributed by atoms with Crippen molar-refractivity contribution in [2.75, 3.05) is 5.32 Å². The van der Waals surface area contributed by atoms with Crippen LogP contribution in [0.15, 0.2) is 34.8 Å². The molecule has 2 aromatic rings. The van der Waals surface area contributed by atoms with Crippen LogP contribution in [-0.2, 0) is 0 Å². The van der Waals surface area contributed by atoms with Crippen LogP contribution in [0.25, 0.3) is 0 Å². The van der Waals surface area contributed by atoms with E-state index in [0.29, 0.717) is 10.5 Å². The number of benzene rings is 2. The third-order valence-electron chi connectivity index (χ3n) is 2.46. The molecular weight excluding hydrogens is 342 g/mol. The lowest BCUT2D eigenvalue weighted by Gasteiger charge is -2.08. The molecule has 1 N–H and O–H groups in total. The minimum absolute atomic E-state index is 0.206. The summed E-state index contributed by atoms with van der Waals surface area (Å²) in [6.07, 6.45) is 0. The van der Waals surface area contributed by atoms with E-state index in [4.69, 9.17) is 0 Å². The Labute approximate surface area is 119 Å². The molecule has 0 aliphatic rings. The first kappa shape index (κ1) is 14.5. The van der Waals surface area contributed by atoms with Gasteiger partial charge in [-0.2, -0.15) is 0 Å². The van der Waals surface area contributed by atoms with Gasteiger partial charge in [-0.25, -0.2) is 17.6 Å². The van der Waals surface area contributed by atoms with Crippen LogP contribution in [-0.4, -0.2) is 5.91 Å². The number of amides is 1. The number of halogens is 5. The Hall–Kier alpha value is -1.89. The van der Waals surface area contributed by atoms with Crippen LogP contribution in [0.1, 0.15) is 10.4 Å². The smallest absolute Gasteiger partial charge is 0.258 e. The molecule has 0 unspecified atom stereocenters. The predicted octanol–water partition coefficient (Wildman–Crippen LogP) is 4.26. The third kappa shape index (κ3) is 2.82. The molecular formula is C13H6BrF4NO. The van der Waals surface area contributed by atoms with Gasteiger partial charge in [-0.3, -0.25) is 4.79 Å². The van der Waals surface area contributed by atoms with Gasteiger partial charge in [0.05, 0.1) is 11.3 Å². The molecule has 0 spiro atoms. The lowest BCUT2D eigenvalue weighted by atomic mass is 10.1. The van der Waals surface area contributed by atoms with Crippen molar-refractivity contribution >= 4 is 27.5 Å². The standard InChI is InChI=1S/C13H6BrF4NO/c14-6-1-4-10(9(16)5-6)19-13(20)7-2-3-8(15)12(18)11(7)17/h1-5H,(H,19,20). The van der Waals surface area contributed by atoms with Gasteiger partial charge in [0, 0.05) is 4.47 Å². The quantitative estimate of drug-likeness (QED) is 0.638. The highest BCUT2D eigenvalue weighted by Gasteiger charge is 2.19. The van der Waals surface area contributed by atoms with Crippen molar-refractivity contribution in [1.29, 1.82) is 0 Å². The van der Waals surface area contributed by atoms with E-state index < -0.39 is 34.7 Å². The van der Waals surface area contributed by atoms with Crippen LogP contribution < -0.4 is 5.32 Å². The van der Waals surface area contributed by atoms with E-state index in [-0.39, 0.29) is 5.69 Å². The minimum atomic E-state index is -1.76. The Balaban J connectivity index is 2.31. The lowest BCUT2D eigenvalue weighted by molar-refractivity contribution is 0.102. The predicted molar refractivity (Wildman–Crippen MR) is 68.4 cm³/mol. The van der Waals surface area contributed by atoms with Crippen molar-refractivity contribution < 1.29 is 22.4 Å². The maximum Gasteiger partial charge on any atom is 0.258 e. The number of carbonyl (C=O) groups is 1. The van der Waals surface area contributed by atoms with Crippen LogP contribution in [0.4, 0.5) is 23.2 Å². The van der Waals surface area contributed by atoms with Crippen LogP contribution >= 0.6 is 15.9 Å². The SMILES string of the molecule is O=C(Nc1ccc(Br)cc1F)c1ccc(F)c(F)c1F. The summed E-state index contributed by atoms with van der Waals surface area (Å²) >= 11 is 3.03. The van der Waals surface area contributed by atoms with Gasteiger partial charge in [-0.15, -0.1) is 0 Å². The zero-order chi connectivity index (χ0) is 14.9. The zero-order valence-corrected chi connectivity index (χ0v) is 11.3. The van der Waals surface area contributed by atoms with Gasteiger partial charge >= 0.3 is 0 Å². The van der Waals surface area contributed by atoms with E-state index in [1.165, 1.54) is 12.1 Å². The molecule has 0 atom stereocenters. The number of hydrogen-bond donors (Lipinski definition) is 1. The van der Waals surface area contributed by atoms with Crippen molar-refractivity contribution in [3.63, 3.8) is 0 Å². The van der Waals surface area contributed by atoms with Gasteiger partial charge in [-0.05, 0) is 30.3 Å². The second kappa shape index (κ2) is 5.62. The monoisotopic (exact) mass is 347 g/mol. The Morgan fingerprint density at radius 3 is 2.30 bits per heavy atom. The van der Waals surface area contributed by atoms with Gasteiger partial charge < -0.3 is 5.32 Å². The summed E-state index contributed by atoms with van der Waals surface area (Å²) < 4.78 is 53.1. The largest absolute Gasteiger partial charge is 0.319 e. The number of anilines is 1. The molecule has 0 heterocycles. The van der Waals surface area contributed by atoms with Crippen LogP contribution in [0.5, 0.6) is 0 Å². The molecule has 0 aromatic heterocycles. The molecule has 0 fully saturated rings. The number of rotatable bonds is 2. The first-order valence-corrected chi connectivity index (χ1v) is 6.09. The van der Waals surface area contributed by atoms with E-state index in [0.717, 1.165) is 12.1 Å². The summed E-state index contributed by atoms with van der Waals surface area (Å²) in [5.74, 6) is -6.62. The molecule has 104 valence electrons. The zero-order valence-electron chi connectivity index (χ0n) is 9.68. The van der Waals surface area contributed by atoms with Crippen molar-refractivity contribution in [2.45, 2.75) is 0 Å². The highest BCUT2D eigenvalue weighted by atomic mass is 79.9. The van der Waals surface area contributed by atoms with E-state index in [9.17, 15) is 22.4 Å². The fourth-order valence-electron chi connectivity index (χ4n) is 1.48. The number of nitrogens with one attached hydrogen (secondary N) is 1. The summed E-state index contributed by atoms with van der Waals surface area (Å²) in [7, 11) is 0. The second-order valence-corrected chi connectivity index (χ2v) is 4.72. The van der Waals surface area contributed by atoms with E-state index in [1.807, 2.05) is 0 Å². The Morgan fingerprint density at radius 1 is 0.950 bits per heavy atom. The van der Waals surface area contributed by atoms with E-state index in [2.05, 4.69) is 21.2 Å². The van der Waals surface area contributed by atoms with Gasteiger partial charge in [0.2, 0.25) is 0 Å². The van der Waals surface area contributed by atoms with Gasteiger partial charge in [0.25, 0.3) is 5.91 Å². The average molecular weight is 348 g/mol. The molecule has 0 saturated heterocycles.